The van der Waals surface area contributed by atoms with Crippen LogP contribution in [0.5, 0.6) is 5.75 Å². The van der Waals surface area contributed by atoms with Gasteiger partial charge in [-0.05, 0) is 80.0 Å². The molecule has 0 unspecified atom stereocenters. The summed E-state index contributed by atoms with van der Waals surface area (Å²) in [6, 6.07) is 7.60. The van der Waals surface area contributed by atoms with E-state index in [0.717, 1.165) is 35.0 Å². The summed E-state index contributed by atoms with van der Waals surface area (Å²) >= 11 is 7.98. The Morgan fingerprint density at radius 3 is 2.53 bits per heavy atom. The molecule has 7 rings (SSSR count). The monoisotopic (exact) mass is 467 g/mol. The number of amides is 1. The number of methoxy groups -OCH3 is 1. The molecule has 4 aliphatic rings. The van der Waals surface area contributed by atoms with Crippen LogP contribution in [0.1, 0.15) is 44.1 Å². The molecule has 1 aromatic carbocycles. The molecule has 32 heavy (non-hydrogen) atoms. The fraction of sp³-hybridized carbons (Fsp3) is 0.480. The number of hydrogen-bond acceptors (Lipinski definition) is 5. The van der Waals surface area contributed by atoms with Crippen molar-refractivity contribution in [2.75, 3.05) is 12.0 Å². The van der Waals surface area contributed by atoms with Crippen molar-refractivity contribution in [1.82, 2.24) is 9.97 Å². The summed E-state index contributed by atoms with van der Waals surface area (Å²) in [7, 11) is 1.63. The van der Waals surface area contributed by atoms with Gasteiger partial charge in [0.05, 0.1) is 28.8 Å². The van der Waals surface area contributed by atoms with E-state index in [2.05, 4.69) is 4.98 Å². The van der Waals surface area contributed by atoms with Crippen molar-refractivity contribution < 1.29 is 9.53 Å². The maximum absolute atomic E-state index is 14.3. The molecule has 166 valence electrons. The van der Waals surface area contributed by atoms with Gasteiger partial charge in [0.15, 0.2) is 5.13 Å². The molecule has 5 nitrogen and oxygen atoms in total. The van der Waals surface area contributed by atoms with E-state index in [0.29, 0.717) is 40.2 Å². The summed E-state index contributed by atoms with van der Waals surface area (Å²) in [6.07, 6.45) is 10.6. The summed E-state index contributed by atoms with van der Waals surface area (Å²) in [6.45, 7) is 0.466. The second-order valence-electron chi connectivity index (χ2n) is 9.87. The van der Waals surface area contributed by atoms with Crippen LogP contribution in [0.25, 0.3) is 10.2 Å². The van der Waals surface area contributed by atoms with Gasteiger partial charge < -0.3 is 4.74 Å². The molecule has 2 heterocycles. The molecule has 0 N–H and O–H groups in total. The van der Waals surface area contributed by atoms with Crippen LogP contribution in [0.15, 0.2) is 36.7 Å². The molecule has 0 saturated heterocycles. The number of aromatic nitrogens is 2. The van der Waals surface area contributed by atoms with E-state index in [9.17, 15) is 4.79 Å². The molecule has 1 amide bonds. The van der Waals surface area contributed by atoms with Gasteiger partial charge in [0.1, 0.15) is 11.3 Å². The first-order valence-corrected chi connectivity index (χ1v) is 12.6. The molecule has 4 saturated carbocycles. The number of anilines is 1. The van der Waals surface area contributed by atoms with Gasteiger partial charge >= 0.3 is 0 Å². The van der Waals surface area contributed by atoms with Crippen LogP contribution in [0.2, 0.25) is 5.02 Å². The van der Waals surface area contributed by atoms with Gasteiger partial charge in [0.2, 0.25) is 5.91 Å². The van der Waals surface area contributed by atoms with Gasteiger partial charge in [-0.15, -0.1) is 0 Å². The highest BCUT2D eigenvalue weighted by Gasteiger charge is 2.56. The number of nitrogens with zero attached hydrogens (tertiary/aromatic N) is 3. The van der Waals surface area contributed by atoms with Gasteiger partial charge in [-0.3, -0.25) is 14.7 Å². The average molecular weight is 468 g/mol. The van der Waals surface area contributed by atoms with Crippen LogP contribution in [0.3, 0.4) is 0 Å². The van der Waals surface area contributed by atoms with E-state index < -0.39 is 0 Å². The maximum Gasteiger partial charge on any atom is 0.235 e. The minimum Gasteiger partial charge on any atom is -0.494 e. The smallest absolute Gasteiger partial charge is 0.235 e. The van der Waals surface area contributed by atoms with Gasteiger partial charge in [-0.1, -0.05) is 29.0 Å². The lowest BCUT2D eigenvalue weighted by Crippen LogP contribution is -2.54. The Kier molecular flexibility index (Phi) is 4.92. The Morgan fingerprint density at radius 2 is 1.91 bits per heavy atom. The van der Waals surface area contributed by atoms with Crippen LogP contribution in [0.4, 0.5) is 5.13 Å². The zero-order valence-electron chi connectivity index (χ0n) is 18.1. The number of carbonyl (C=O) groups excluding carboxylic acids is 1. The minimum absolute atomic E-state index is 0.231. The standard InChI is InChI=1S/C25H26ClN3O2S/c1-31-20-5-4-19(26)22-21(20)28-24(32-22)29(14-15-3-2-6-27-13-15)23(30)25-10-16-7-17(11-25)9-18(8-16)12-25/h2-6,13,16-18H,7-12,14H2,1H3. The van der Waals surface area contributed by atoms with E-state index in [-0.39, 0.29) is 11.3 Å². The molecule has 0 radical (unpaired) electrons. The Labute approximate surface area is 196 Å². The summed E-state index contributed by atoms with van der Waals surface area (Å²) in [4.78, 5) is 25.4. The number of fused-ring (bicyclic) bond motifs is 1. The van der Waals surface area contributed by atoms with Crippen molar-refractivity contribution in [3.63, 3.8) is 0 Å². The third-order valence-electron chi connectivity index (χ3n) is 7.70. The highest BCUT2D eigenvalue weighted by atomic mass is 35.5. The first-order chi connectivity index (χ1) is 15.5. The Bertz CT molecular complexity index is 1140. The largest absolute Gasteiger partial charge is 0.494 e. The van der Waals surface area contributed by atoms with Crippen LogP contribution in [-0.4, -0.2) is 23.0 Å². The SMILES string of the molecule is COc1ccc(Cl)c2sc(N(Cc3cccnc3)C(=O)C34CC5CC(CC(C5)C3)C4)nc12. The number of pyridine rings is 1. The van der Waals surface area contributed by atoms with Crippen LogP contribution in [0, 0.1) is 23.2 Å². The fourth-order valence-corrected chi connectivity index (χ4v) is 8.03. The molecule has 4 aliphatic carbocycles. The Balaban J connectivity index is 1.44. The Hall–Kier alpha value is -2.18. The van der Waals surface area contributed by atoms with Crippen molar-refractivity contribution in [1.29, 1.82) is 0 Å². The number of carbonyl (C=O) groups is 1. The van der Waals surface area contributed by atoms with E-state index >= 15 is 0 Å². The van der Waals surface area contributed by atoms with Gasteiger partial charge in [-0.2, -0.15) is 0 Å². The second-order valence-corrected chi connectivity index (χ2v) is 11.3. The normalized spacial score (nSPS) is 28.2. The molecule has 0 atom stereocenters. The van der Waals surface area contributed by atoms with E-state index in [1.807, 2.05) is 35.4 Å². The molecular formula is C25H26ClN3O2S. The number of ether oxygens (including phenoxy) is 1. The molecule has 4 bridgehead atoms. The maximum atomic E-state index is 14.3. The average Bonchev–Trinajstić information content (AvgIpc) is 3.23. The third-order valence-corrected chi connectivity index (χ3v) is 9.24. The van der Waals surface area contributed by atoms with Crippen molar-refractivity contribution in [2.24, 2.45) is 23.2 Å². The number of hydrogen-bond donors (Lipinski definition) is 0. The summed E-state index contributed by atoms with van der Waals surface area (Å²) in [5, 5.41) is 1.32. The fourth-order valence-electron chi connectivity index (χ4n) is 6.78. The summed E-state index contributed by atoms with van der Waals surface area (Å²) in [5.74, 6) is 3.02. The number of thiazole rings is 1. The van der Waals surface area contributed by atoms with Crippen molar-refractivity contribution >= 4 is 44.2 Å². The molecule has 3 aromatic rings. The second kappa shape index (κ2) is 7.70. The van der Waals surface area contributed by atoms with E-state index in [4.69, 9.17) is 21.3 Å². The molecule has 0 spiro atoms. The predicted octanol–water partition coefficient (Wildman–Crippen LogP) is 6.10. The summed E-state index contributed by atoms with van der Waals surface area (Å²) in [5.41, 5.74) is 1.47. The van der Waals surface area contributed by atoms with Crippen LogP contribution >= 0.6 is 22.9 Å². The highest BCUT2D eigenvalue weighted by molar-refractivity contribution is 7.23. The van der Waals surface area contributed by atoms with Gasteiger partial charge in [0, 0.05) is 12.4 Å². The first kappa shape index (κ1) is 20.4. The van der Waals surface area contributed by atoms with E-state index in [1.54, 1.807) is 13.3 Å². The number of halogens is 1. The number of rotatable bonds is 5. The summed E-state index contributed by atoms with van der Waals surface area (Å²) < 4.78 is 6.38. The lowest BCUT2D eigenvalue weighted by molar-refractivity contribution is -0.143. The van der Waals surface area contributed by atoms with Crippen molar-refractivity contribution in [2.45, 2.75) is 45.1 Å². The van der Waals surface area contributed by atoms with Gasteiger partial charge in [0.25, 0.3) is 0 Å². The third kappa shape index (κ3) is 3.30. The lowest BCUT2D eigenvalue weighted by Gasteiger charge is -2.56. The quantitative estimate of drug-likeness (QED) is 0.454. The topological polar surface area (TPSA) is 55.3 Å². The molecule has 0 aliphatic heterocycles. The van der Waals surface area contributed by atoms with Crippen molar-refractivity contribution in [3.8, 4) is 5.75 Å². The van der Waals surface area contributed by atoms with E-state index in [1.165, 1.54) is 30.6 Å². The molecule has 4 fully saturated rings. The molecule has 2 aromatic heterocycles. The zero-order valence-corrected chi connectivity index (χ0v) is 19.7. The first-order valence-electron chi connectivity index (χ1n) is 11.4. The zero-order chi connectivity index (χ0) is 21.9. The molecule has 7 heteroatoms. The van der Waals surface area contributed by atoms with Crippen LogP contribution < -0.4 is 9.64 Å². The molecular weight excluding hydrogens is 442 g/mol. The van der Waals surface area contributed by atoms with Crippen LogP contribution in [-0.2, 0) is 11.3 Å². The van der Waals surface area contributed by atoms with Gasteiger partial charge in [-0.25, -0.2) is 4.98 Å². The predicted molar refractivity (Wildman–Crippen MR) is 127 cm³/mol. The highest BCUT2D eigenvalue weighted by Crippen LogP contribution is 2.61. The van der Waals surface area contributed by atoms with Crippen molar-refractivity contribution in [3.05, 3.63) is 47.2 Å². The lowest BCUT2D eigenvalue weighted by atomic mass is 9.49. The minimum atomic E-state index is -0.247. The Morgan fingerprint density at radius 1 is 1.19 bits per heavy atom. The number of benzene rings is 1.